The molecule has 2 N–H and O–H groups in total. The first-order valence-electron chi connectivity index (χ1n) is 5.69. The van der Waals surface area contributed by atoms with Gasteiger partial charge in [-0.25, -0.2) is 9.37 Å². The number of aromatic nitrogens is 2. The van der Waals surface area contributed by atoms with Crippen LogP contribution in [0.2, 0.25) is 0 Å². The Morgan fingerprint density at radius 2 is 1.89 bits per heavy atom. The average molecular weight is 292 g/mol. The van der Waals surface area contributed by atoms with Crippen LogP contribution in [0.1, 0.15) is 24.6 Å². The van der Waals surface area contributed by atoms with Crippen LogP contribution in [0.3, 0.4) is 0 Å². The number of aromatic amines is 1. The summed E-state index contributed by atoms with van der Waals surface area (Å²) in [4.78, 5) is 7.75. The molecule has 2 heterocycles. The molecule has 100 valence electrons. The number of hydrogen-bond donors (Lipinski definition) is 2. The lowest BCUT2D eigenvalue weighted by Gasteiger charge is -2.20. The zero-order valence-corrected chi connectivity index (χ0v) is 11.4. The molecule has 6 heteroatoms. The third-order valence-corrected chi connectivity index (χ3v) is 3.19. The number of piperidine rings is 1. The van der Waals surface area contributed by atoms with E-state index in [1.165, 1.54) is 12.1 Å². The molecule has 0 bridgehead atoms. The van der Waals surface area contributed by atoms with Crippen molar-refractivity contribution >= 4 is 35.8 Å². The molecule has 18 heavy (non-hydrogen) atoms. The van der Waals surface area contributed by atoms with E-state index in [9.17, 15) is 4.39 Å². The maximum atomic E-state index is 13.0. The van der Waals surface area contributed by atoms with Gasteiger partial charge in [-0.05, 0) is 44.1 Å². The van der Waals surface area contributed by atoms with Crippen LogP contribution in [0.4, 0.5) is 4.39 Å². The molecule has 1 saturated heterocycles. The maximum Gasteiger partial charge on any atom is 0.125 e. The Bertz CT molecular complexity index is 509. The van der Waals surface area contributed by atoms with E-state index in [-0.39, 0.29) is 30.6 Å². The first-order chi connectivity index (χ1) is 7.83. The molecule has 0 aliphatic carbocycles. The van der Waals surface area contributed by atoms with E-state index in [4.69, 9.17) is 0 Å². The van der Waals surface area contributed by atoms with Gasteiger partial charge in [0.1, 0.15) is 11.6 Å². The van der Waals surface area contributed by atoms with Gasteiger partial charge in [0.25, 0.3) is 0 Å². The average Bonchev–Trinajstić information content (AvgIpc) is 2.73. The van der Waals surface area contributed by atoms with Crippen LogP contribution < -0.4 is 5.32 Å². The highest BCUT2D eigenvalue weighted by Gasteiger charge is 2.18. The second-order valence-corrected chi connectivity index (χ2v) is 4.31. The Balaban J connectivity index is 0.000000810. The molecular formula is C12H16Cl2FN3. The zero-order valence-electron chi connectivity index (χ0n) is 9.78. The van der Waals surface area contributed by atoms with Crippen molar-refractivity contribution < 1.29 is 4.39 Å². The summed E-state index contributed by atoms with van der Waals surface area (Å²) in [5, 5.41) is 3.33. The second-order valence-electron chi connectivity index (χ2n) is 4.31. The standard InChI is InChI=1S/C12H14FN3.2ClH/c13-9-1-2-10-11(7-9)16-12(15-10)8-3-5-14-6-4-8;;/h1-2,7-8,14H,3-6H2,(H,15,16);2*1H. The molecule has 0 amide bonds. The van der Waals surface area contributed by atoms with Gasteiger partial charge in [-0.1, -0.05) is 0 Å². The molecule has 0 radical (unpaired) electrons. The Morgan fingerprint density at radius 1 is 1.17 bits per heavy atom. The molecule has 1 aromatic carbocycles. The van der Waals surface area contributed by atoms with Gasteiger partial charge >= 0.3 is 0 Å². The van der Waals surface area contributed by atoms with E-state index in [1.807, 2.05) is 0 Å². The summed E-state index contributed by atoms with van der Waals surface area (Å²) < 4.78 is 13.0. The predicted molar refractivity (Wildman–Crippen MR) is 75.4 cm³/mol. The van der Waals surface area contributed by atoms with Crippen LogP contribution in [0, 0.1) is 5.82 Å². The minimum atomic E-state index is -0.215. The molecule has 0 atom stereocenters. The van der Waals surface area contributed by atoms with Crippen molar-refractivity contribution in [1.82, 2.24) is 15.3 Å². The molecule has 0 saturated carbocycles. The van der Waals surface area contributed by atoms with Crippen molar-refractivity contribution in [3.05, 3.63) is 29.8 Å². The summed E-state index contributed by atoms with van der Waals surface area (Å²) in [6, 6.07) is 4.69. The first kappa shape index (κ1) is 15.2. The number of H-pyrrole nitrogens is 1. The van der Waals surface area contributed by atoms with Crippen molar-refractivity contribution in [2.75, 3.05) is 13.1 Å². The fraction of sp³-hybridized carbons (Fsp3) is 0.417. The molecule has 3 rings (SSSR count). The van der Waals surface area contributed by atoms with Crippen molar-refractivity contribution in [3.8, 4) is 0 Å². The minimum absolute atomic E-state index is 0. The Labute approximate surface area is 117 Å². The molecule has 0 unspecified atom stereocenters. The SMILES string of the molecule is Cl.Cl.Fc1ccc2nc(C3CCNCC3)[nH]c2c1. The van der Waals surface area contributed by atoms with Crippen molar-refractivity contribution in [2.24, 2.45) is 0 Å². The third kappa shape index (κ3) is 2.94. The molecule has 1 fully saturated rings. The largest absolute Gasteiger partial charge is 0.342 e. The van der Waals surface area contributed by atoms with E-state index in [0.29, 0.717) is 5.92 Å². The molecule has 1 aromatic heterocycles. The number of rotatable bonds is 1. The van der Waals surface area contributed by atoms with E-state index in [2.05, 4.69) is 15.3 Å². The van der Waals surface area contributed by atoms with Crippen LogP contribution >= 0.6 is 24.8 Å². The van der Waals surface area contributed by atoms with Gasteiger partial charge in [-0.2, -0.15) is 0 Å². The summed E-state index contributed by atoms with van der Waals surface area (Å²) in [7, 11) is 0. The zero-order chi connectivity index (χ0) is 11.0. The number of halogens is 3. The van der Waals surface area contributed by atoms with Gasteiger partial charge in [0.2, 0.25) is 0 Å². The van der Waals surface area contributed by atoms with Gasteiger partial charge in [0.05, 0.1) is 11.0 Å². The van der Waals surface area contributed by atoms with E-state index in [0.717, 1.165) is 42.8 Å². The van der Waals surface area contributed by atoms with Crippen LogP contribution in [0.15, 0.2) is 18.2 Å². The van der Waals surface area contributed by atoms with Gasteiger partial charge < -0.3 is 10.3 Å². The number of hydrogen-bond acceptors (Lipinski definition) is 2. The van der Waals surface area contributed by atoms with Gasteiger partial charge in [-0.15, -0.1) is 24.8 Å². The smallest absolute Gasteiger partial charge is 0.125 e. The number of fused-ring (bicyclic) bond motifs is 1. The fourth-order valence-corrected chi connectivity index (χ4v) is 2.29. The molecule has 0 spiro atoms. The van der Waals surface area contributed by atoms with Gasteiger partial charge in [0, 0.05) is 5.92 Å². The molecule has 1 aliphatic heterocycles. The van der Waals surface area contributed by atoms with E-state index >= 15 is 0 Å². The lowest BCUT2D eigenvalue weighted by atomic mass is 9.98. The molecular weight excluding hydrogens is 276 g/mol. The van der Waals surface area contributed by atoms with Gasteiger partial charge in [0.15, 0.2) is 0 Å². The monoisotopic (exact) mass is 291 g/mol. The quantitative estimate of drug-likeness (QED) is 0.848. The first-order valence-corrected chi connectivity index (χ1v) is 5.69. The number of nitrogens with one attached hydrogen (secondary N) is 2. The van der Waals surface area contributed by atoms with Crippen LogP contribution in [0.5, 0.6) is 0 Å². The molecule has 3 nitrogen and oxygen atoms in total. The van der Waals surface area contributed by atoms with E-state index < -0.39 is 0 Å². The topological polar surface area (TPSA) is 40.7 Å². The van der Waals surface area contributed by atoms with E-state index in [1.54, 1.807) is 6.07 Å². The third-order valence-electron chi connectivity index (χ3n) is 3.19. The minimum Gasteiger partial charge on any atom is -0.342 e. The Hall–Kier alpha value is -0.840. The highest BCUT2D eigenvalue weighted by atomic mass is 35.5. The maximum absolute atomic E-state index is 13.0. The summed E-state index contributed by atoms with van der Waals surface area (Å²) >= 11 is 0. The van der Waals surface area contributed by atoms with Crippen molar-refractivity contribution in [1.29, 1.82) is 0 Å². The van der Waals surface area contributed by atoms with Crippen molar-refractivity contribution in [2.45, 2.75) is 18.8 Å². The summed E-state index contributed by atoms with van der Waals surface area (Å²) in [5.41, 5.74) is 1.66. The highest BCUT2D eigenvalue weighted by molar-refractivity contribution is 5.85. The lowest BCUT2D eigenvalue weighted by molar-refractivity contribution is 0.448. The van der Waals surface area contributed by atoms with Gasteiger partial charge in [-0.3, -0.25) is 0 Å². The number of nitrogens with zero attached hydrogens (tertiary/aromatic N) is 1. The fourth-order valence-electron chi connectivity index (χ4n) is 2.29. The van der Waals surface area contributed by atoms with Crippen LogP contribution in [0.25, 0.3) is 11.0 Å². The Kier molecular flexibility index (Phi) is 5.38. The normalized spacial score (nSPS) is 16.1. The second kappa shape index (κ2) is 6.36. The van der Waals surface area contributed by atoms with Crippen molar-refractivity contribution in [3.63, 3.8) is 0 Å². The summed E-state index contributed by atoms with van der Waals surface area (Å²) in [6.07, 6.45) is 2.20. The summed E-state index contributed by atoms with van der Waals surface area (Å²) in [5.74, 6) is 1.27. The predicted octanol–water partition coefficient (Wildman–Crippen LogP) is 3.01. The number of imidazole rings is 1. The molecule has 2 aromatic rings. The van der Waals surface area contributed by atoms with Crippen LogP contribution in [-0.4, -0.2) is 23.1 Å². The lowest BCUT2D eigenvalue weighted by Crippen LogP contribution is -2.27. The van der Waals surface area contributed by atoms with Crippen LogP contribution in [-0.2, 0) is 0 Å². The Morgan fingerprint density at radius 3 is 2.61 bits per heavy atom. The summed E-state index contributed by atoms with van der Waals surface area (Å²) in [6.45, 7) is 2.08. The highest BCUT2D eigenvalue weighted by Crippen LogP contribution is 2.25. The molecule has 1 aliphatic rings. The number of benzene rings is 1.